The second-order valence-corrected chi connectivity index (χ2v) is 4.06. The molecule has 0 fully saturated rings. The lowest BCUT2D eigenvalue weighted by atomic mass is 10.2. The standard InChI is InChI=1S/C10H12N2S2/c1-3-4-9(12-10(11)13-2)8-5-6-14-7-8/h3-7H,1H2,2H3,(H2,11,12)/b9-4-. The smallest absolute Gasteiger partial charge is 0.158 e. The van der Waals surface area contributed by atoms with Gasteiger partial charge in [0.25, 0.3) is 0 Å². The van der Waals surface area contributed by atoms with E-state index in [2.05, 4.69) is 11.6 Å². The second-order valence-electron chi connectivity index (χ2n) is 2.45. The van der Waals surface area contributed by atoms with Gasteiger partial charge in [0.1, 0.15) is 0 Å². The van der Waals surface area contributed by atoms with Crippen molar-refractivity contribution < 1.29 is 0 Å². The monoisotopic (exact) mass is 224 g/mol. The van der Waals surface area contributed by atoms with E-state index in [1.807, 2.05) is 29.2 Å². The molecule has 0 atom stereocenters. The minimum absolute atomic E-state index is 0.560. The fourth-order valence-electron chi connectivity index (χ4n) is 0.884. The predicted octanol–water partition coefficient (Wildman–Crippen LogP) is 2.95. The first-order chi connectivity index (χ1) is 6.77. The summed E-state index contributed by atoms with van der Waals surface area (Å²) in [5, 5.41) is 4.60. The number of thioether (sulfide) groups is 1. The number of hydrogen-bond donors (Lipinski definition) is 1. The van der Waals surface area contributed by atoms with Gasteiger partial charge in [0, 0.05) is 10.9 Å². The maximum absolute atomic E-state index is 5.65. The molecule has 0 saturated carbocycles. The van der Waals surface area contributed by atoms with Crippen LogP contribution in [0.2, 0.25) is 0 Å². The number of nitrogens with two attached hydrogens (primary N) is 1. The molecule has 1 rings (SSSR count). The third-order valence-electron chi connectivity index (χ3n) is 1.53. The van der Waals surface area contributed by atoms with Gasteiger partial charge in [-0.3, -0.25) is 0 Å². The molecule has 1 aromatic heterocycles. The van der Waals surface area contributed by atoms with Crippen molar-refractivity contribution in [1.82, 2.24) is 0 Å². The summed E-state index contributed by atoms with van der Waals surface area (Å²) in [6.07, 6.45) is 5.47. The summed E-state index contributed by atoms with van der Waals surface area (Å²) in [7, 11) is 0. The average molecular weight is 224 g/mol. The molecule has 2 nitrogen and oxygen atoms in total. The summed E-state index contributed by atoms with van der Waals surface area (Å²) in [5.41, 5.74) is 7.58. The molecule has 0 unspecified atom stereocenters. The number of allylic oxidation sites excluding steroid dienone is 2. The van der Waals surface area contributed by atoms with Crippen LogP contribution in [0.3, 0.4) is 0 Å². The van der Waals surface area contributed by atoms with Crippen molar-refractivity contribution in [3.63, 3.8) is 0 Å². The Hall–Kier alpha value is -1.00. The number of aliphatic imine (C=N–C) groups is 1. The number of rotatable bonds is 3. The molecule has 74 valence electrons. The molecule has 0 spiro atoms. The average Bonchev–Trinajstić information content (AvgIpc) is 2.69. The molecule has 0 saturated heterocycles. The molecule has 2 N–H and O–H groups in total. The molecule has 0 radical (unpaired) electrons. The summed E-state index contributed by atoms with van der Waals surface area (Å²) in [6.45, 7) is 3.65. The Bertz CT molecular complexity index is 350. The minimum atomic E-state index is 0.560. The quantitative estimate of drug-likeness (QED) is 0.487. The van der Waals surface area contributed by atoms with Crippen LogP contribution < -0.4 is 5.73 Å². The first-order valence-electron chi connectivity index (χ1n) is 4.01. The van der Waals surface area contributed by atoms with E-state index in [4.69, 9.17) is 5.73 Å². The molecule has 14 heavy (non-hydrogen) atoms. The summed E-state index contributed by atoms with van der Waals surface area (Å²) >= 11 is 3.07. The van der Waals surface area contributed by atoms with Crippen LogP contribution in [0, 0.1) is 0 Å². The Morgan fingerprint density at radius 2 is 2.50 bits per heavy atom. The lowest BCUT2D eigenvalue weighted by Gasteiger charge is -1.99. The van der Waals surface area contributed by atoms with Crippen LogP contribution in [0.5, 0.6) is 0 Å². The van der Waals surface area contributed by atoms with E-state index in [-0.39, 0.29) is 0 Å². The van der Waals surface area contributed by atoms with Gasteiger partial charge in [0.05, 0.1) is 5.70 Å². The van der Waals surface area contributed by atoms with E-state index in [9.17, 15) is 0 Å². The highest BCUT2D eigenvalue weighted by Gasteiger charge is 1.99. The van der Waals surface area contributed by atoms with E-state index in [1.165, 1.54) is 11.8 Å². The van der Waals surface area contributed by atoms with E-state index in [0.717, 1.165) is 11.3 Å². The Balaban J connectivity index is 2.98. The summed E-state index contributed by atoms with van der Waals surface area (Å²) in [6, 6.07) is 2.01. The molecule has 0 aliphatic rings. The lowest BCUT2D eigenvalue weighted by molar-refractivity contribution is 1.53. The van der Waals surface area contributed by atoms with Crippen LogP contribution >= 0.6 is 23.1 Å². The number of hydrogen-bond acceptors (Lipinski definition) is 3. The van der Waals surface area contributed by atoms with Crippen molar-refractivity contribution in [2.24, 2.45) is 10.7 Å². The third-order valence-corrected chi connectivity index (χ3v) is 2.73. The van der Waals surface area contributed by atoms with Gasteiger partial charge in [-0.25, -0.2) is 4.99 Å². The van der Waals surface area contributed by atoms with Crippen LogP contribution in [0.25, 0.3) is 5.70 Å². The van der Waals surface area contributed by atoms with Crippen molar-refractivity contribution in [2.75, 3.05) is 6.26 Å². The highest BCUT2D eigenvalue weighted by atomic mass is 32.2. The van der Waals surface area contributed by atoms with Crippen LogP contribution in [-0.4, -0.2) is 11.4 Å². The maximum Gasteiger partial charge on any atom is 0.158 e. The summed E-state index contributed by atoms with van der Waals surface area (Å²) in [4.78, 5) is 4.28. The van der Waals surface area contributed by atoms with Gasteiger partial charge in [-0.05, 0) is 23.8 Å². The van der Waals surface area contributed by atoms with Crippen LogP contribution in [-0.2, 0) is 0 Å². The SMILES string of the molecule is C=C/C=C(\N=C(N)SC)c1ccsc1. The Kier molecular flexibility index (Phi) is 4.49. The molecular formula is C10H12N2S2. The van der Waals surface area contributed by atoms with Gasteiger partial charge in [0.2, 0.25) is 0 Å². The molecule has 0 aromatic carbocycles. The molecule has 0 bridgehead atoms. The fourth-order valence-corrected chi connectivity index (χ4v) is 1.72. The van der Waals surface area contributed by atoms with Gasteiger partial charge >= 0.3 is 0 Å². The molecular weight excluding hydrogens is 212 g/mol. The predicted molar refractivity (Wildman–Crippen MR) is 67.6 cm³/mol. The Morgan fingerprint density at radius 1 is 1.71 bits per heavy atom. The van der Waals surface area contributed by atoms with E-state index in [1.54, 1.807) is 17.4 Å². The molecule has 1 aromatic rings. The first-order valence-corrected chi connectivity index (χ1v) is 6.18. The van der Waals surface area contributed by atoms with Crippen LogP contribution in [0.4, 0.5) is 0 Å². The largest absolute Gasteiger partial charge is 0.378 e. The van der Waals surface area contributed by atoms with E-state index in [0.29, 0.717) is 5.17 Å². The molecule has 4 heteroatoms. The van der Waals surface area contributed by atoms with Gasteiger partial charge in [-0.15, -0.1) is 0 Å². The fraction of sp³-hybridized carbons (Fsp3) is 0.100. The molecule has 0 aliphatic heterocycles. The first kappa shape index (κ1) is 11.1. The highest BCUT2D eigenvalue weighted by Crippen LogP contribution is 2.19. The van der Waals surface area contributed by atoms with E-state index >= 15 is 0 Å². The normalized spacial score (nSPS) is 12.9. The number of nitrogens with zero attached hydrogens (tertiary/aromatic N) is 1. The van der Waals surface area contributed by atoms with Gasteiger partial charge in [-0.2, -0.15) is 11.3 Å². The van der Waals surface area contributed by atoms with Crippen molar-refractivity contribution in [1.29, 1.82) is 0 Å². The van der Waals surface area contributed by atoms with Crippen molar-refractivity contribution in [3.8, 4) is 0 Å². The zero-order valence-corrected chi connectivity index (χ0v) is 9.57. The van der Waals surface area contributed by atoms with Gasteiger partial charge in [0.15, 0.2) is 5.17 Å². The zero-order valence-electron chi connectivity index (χ0n) is 7.93. The van der Waals surface area contributed by atoms with Gasteiger partial charge in [-0.1, -0.05) is 24.4 Å². The van der Waals surface area contributed by atoms with Crippen molar-refractivity contribution in [2.45, 2.75) is 0 Å². The number of thiophene rings is 1. The van der Waals surface area contributed by atoms with E-state index < -0.39 is 0 Å². The van der Waals surface area contributed by atoms with Gasteiger partial charge < -0.3 is 5.73 Å². The minimum Gasteiger partial charge on any atom is -0.378 e. The van der Waals surface area contributed by atoms with Crippen LogP contribution in [0.1, 0.15) is 5.56 Å². The maximum atomic E-state index is 5.65. The summed E-state index contributed by atoms with van der Waals surface area (Å²) < 4.78 is 0. The van der Waals surface area contributed by atoms with Crippen molar-refractivity contribution >= 4 is 34.0 Å². The molecule has 0 aliphatic carbocycles. The van der Waals surface area contributed by atoms with Crippen molar-refractivity contribution in [3.05, 3.63) is 41.1 Å². The van der Waals surface area contributed by atoms with Crippen LogP contribution in [0.15, 0.2) is 40.5 Å². The highest BCUT2D eigenvalue weighted by molar-refractivity contribution is 8.13. The molecule has 0 amide bonds. The Labute approximate surface area is 92.2 Å². The number of amidine groups is 1. The zero-order chi connectivity index (χ0) is 10.4. The third kappa shape index (κ3) is 3.05. The Morgan fingerprint density at radius 3 is 3.00 bits per heavy atom. The summed E-state index contributed by atoms with van der Waals surface area (Å²) in [5.74, 6) is 0. The lowest BCUT2D eigenvalue weighted by Crippen LogP contribution is -2.05. The molecule has 1 heterocycles. The topological polar surface area (TPSA) is 38.4 Å². The second kappa shape index (κ2) is 5.67.